The van der Waals surface area contributed by atoms with Gasteiger partial charge in [-0.2, -0.15) is 13.2 Å². The molecule has 3 aromatic carbocycles. The molecular weight excluding hydrogens is 473 g/mol. The van der Waals surface area contributed by atoms with Crippen LogP contribution >= 0.6 is 0 Å². The molecule has 5 rings (SSSR count). The van der Waals surface area contributed by atoms with Crippen molar-refractivity contribution in [3.63, 3.8) is 0 Å². The van der Waals surface area contributed by atoms with Crippen LogP contribution in [-0.4, -0.2) is 17.4 Å². The molecule has 0 unspecified atom stereocenters. The molecule has 0 aromatic heterocycles. The Balaban J connectivity index is 1.29. The van der Waals surface area contributed by atoms with E-state index in [9.17, 15) is 18.0 Å². The molecule has 0 fully saturated rings. The number of hydrogen-bond acceptors (Lipinski definition) is 2. The monoisotopic (exact) mass is 504 g/mol. The number of nitrogens with one attached hydrogen (secondary N) is 1. The normalized spacial score (nSPS) is 16.4. The number of nitrogens with zero attached hydrogens (tertiary/aromatic N) is 1. The summed E-state index contributed by atoms with van der Waals surface area (Å²) in [4.78, 5) is 15.7. The number of carbonyl (C=O) groups excluding carboxylic acids is 1. The van der Waals surface area contributed by atoms with Gasteiger partial charge in [0.25, 0.3) is 5.91 Å². The van der Waals surface area contributed by atoms with Crippen LogP contribution in [-0.2, 0) is 30.5 Å². The Morgan fingerprint density at radius 3 is 2.46 bits per heavy atom. The fourth-order valence-corrected chi connectivity index (χ4v) is 5.43. The molecule has 1 aliphatic carbocycles. The maximum absolute atomic E-state index is 13.3. The van der Waals surface area contributed by atoms with Gasteiger partial charge in [0, 0.05) is 30.9 Å². The first-order valence-corrected chi connectivity index (χ1v) is 12.9. The average Bonchev–Trinajstić information content (AvgIpc) is 2.88. The van der Waals surface area contributed by atoms with Crippen LogP contribution in [0.1, 0.15) is 59.1 Å². The molecule has 3 nitrogen and oxygen atoms in total. The van der Waals surface area contributed by atoms with E-state index >= 15 is 0 Å². The van der Waals surface area contributed by atoms with E-state index in [1.165, 1.54) is 34.4 Å². The number of rotatable bonds is 5. The van der Waals surface area contributed by atoms with Gasteiger partial charge in [0.15, 0.2) is 0 Å². The number of hydrogen-bond donors (Lipinski definition) is 1. The number of anilines is 1. The predicted molar refractivity (Wildman–Crippen MR) is 141 cm³/mol. The van der Waals surface area contributed by atoms with Gasteiger partial charge in [-0.1, -0.05) is 48.0 Å². The SMILES string of the molecule is Cc1cccc(CN2CCc3cc(NC(=O)C4=C(c5ccc(C(F)(F)F)cc5)CCCC4)ccc3C2)c1. The Labute approximate surface area is 216 Å². The van der Waals surface area contributed by atoms with Gasteiger partial charge in [-0.3, -0.25) is 9.69 Å². The van der Waals surface area contributed by atoms with Gasteiger partial charge in [-0.05, 0) is 91.1 Å². The zero-order valence-corrected chi connectivity index (χ0v) is 21.0. The Morgan fingerprint density at radius 1 is 0.919 bits per heavy atom. The lowest BCUT2D eigenvalue weighted by molar-refractivity contribution is -0.137. The number of halogens is 3. The van der Waals surface area contributed by atoms with Crippen molar-refractivity contribution in [1.29, 1.82) is 0 Å². The number of amides is 1. The van der Waals surface area contributed by atoms with E-state index in [1.54, 1.807) is 0 Å². The third-order valence-corrected chi connectivity index (χ3v) is 7.35. The molecule has 6 heteroatoms. The summed E-state index contributed by atoms with van der Waals surface area (Å²) in [5.41, 5.74) is 7.41. The van der Waals surface area contributed by atoms with Crippen LogP contribution in [0.2, 0.25) is 0 Å². The fraction of sp³-hybridized carbons (Fsp3) is 0.323. The molecule has 1 N–H and O–H groups in total. The highest BCUT2D eigenvalue weighted by Gasteiger charge is 2.30. The average molecular weight is 505 g/mol. The fourth-order valence-electron chi connectivity index (χ4n) is 5.43. The van der Waals surface area contributed by atoms with Crippen molar-refractivity contribution >= 4 is 17.2 Å². The zero-order valence-electron chi connectivity index (χ0n) is 21.0. The van der Waals surface area contributed by atoms with E-state index in [4.69, 9.17) is 0 Å². The molecule has 0 saturated carbocycles. The Kier molecular flexibility index (Phi) is 7.20. The molecule has 0 spiro atoms. The van der Waals surface area contributed by atoms with Crippen LogP contribution in [0, 0.1) is 6.92 Å². The van der Waals surface area contributed by atoms with E-state index in [0.717, 1.165) is 62.3 Å². The Hall–Kier alpha value is -3.38. The summed E-state index contributed by atoms with van der Waals surface area (Å²) >= 11 is 0. The second kappa shape index (κ2) is 10.5. The molecule has 1 amide bonds. The van der Waals surface area contributed by atoms with Crippen LogP contribution in [0.4, 0.5) is 18.9 Å². The van der Waals surface area contributed by atoms with Gasteiger partial charge < -0.3 is 5.32 Å². The number of carbonyl (C=O) groups is 1. The number of aryl methyl sites for hydroxylation is 1. The van der Waals surface area contributed by atoms with Gasteiger partial charge >= 0.3 is 6.18 Å². The number of benzene rings is 3. The minimum atomic E-state index is -4.37. The maximum Gasteiger partial charge on any atom is 0.416 e. The van der Waals surface area contributed by atoms with Crippen LogP contribution < -0.4 is 5.32 Å². The quantitative estimate of drug-likeness (QED) is 0.389. The summed E-state index contributed by atoms with van der Waals surface area (Å²) in [5.74, 6) is -0.161. The van der Waals surface area contributed by atoms with Crippen molar-refractivity contribution in [3.05, 3.63) is 106 Å². The van der Waals surface area contributed by atoms with E-state index in [1.807, 2.05) is 6.07 Å². The molecule has 0 bridgehead atoms. The highest BCUT2D eigenvalue weighted by molar-refractivity contribution is 6.09. The molecule has 1 aliphatic heterocycles. The largest absolute Gasteiger partial charge is 0.416 e. The first-order valence-electron chi connectivity index (χ1n) is 12.9. The summed E-state index contributed by atoms with van der Waals surface area (Å²) in [6, 6.07) is 19.9. The molecule has 0 saturated heterocycles. The van der Waals surface area contributed by atoms with Crippen LogP contribution in [0.15, 0.2) is 72.3 Å². The number of fused-ring (bicyclic) bond motifs is 1. The van der Waals surface area contributed by atoms with Crippen molar-refractivity contribution in [2.24, 2.45) is 0 Å². The lowest BCUT2D eigenvalue weighted by Gasteiger charge is -2.29. The highest BCUT2D eigenvalue weighted by atomic mass is 19.4. The summed E-state index contributed by atoms with van der Waals surface area (Å²) < 4.78 is 39.0. The molecule has 0 radical (unpaired) electrons. The molecule has 2 aliphatic rings. The number of allylic oxidation sites excluding steroid dienone is 1. The first-order chi connectivity index (χ1) is 17.8. The van der Waals surface area contributed by atoms with E-state index in [0.29, 0.717) is 24.0 Å². The van der Waals surface area contributed by atoms with E-state index in [2.05, 4.69) is 53.5 Å². The molecular formula is C31H31F3N2O. The lowest BCUT2D eigenvalue weighted by Crippen LogP contribution is -2.30. The van der Waals surface area contributed by atoms with Crippen molar-refractivity contribution < 1.29 is 18.0 Å². The van der Waals surface area contributed by atoms with Crippen molar-refractivity contribution in [3.8, 4) is 0 Å². The molecule has 0 atom stereocenters. The number of alkyl halides is 3. The van der Waals surface area contributed by atoms with Crippen LogP contribution in [0.3, 0.4) is 0 Å². The topological polar surface area (TPSA) is 32.3 Å². The van der Waals surface area contributed by atoms with E-state index < -0.39 is 11.7 Å². The van der Waals surface area contributed by atoms with Gasteiger partial charge in [-0.25, -0.2) is 0 Å². The van der Waals surface area contributed by atoms with Crippen molar-refractivity contribution in [1.82, 2.24) is 4.90 Å². The molecule has 3 aromatic rings. The molecule has 37 heavy (non-hydrogen) atoms. The predicted octanol–water partition coefficient (Wildman–Crippen LogP) is 7.54. The summed E-state index contributed by atoms with van der Waals surface area (Å²) in [7, 11) is 0. The smallest absolute Gasteiger partial charge is 0.322 e. The van der Waals surface area contributed by atoms with Gasteiger partial charge in [0.1, 0.15) is 0 Å². The lowest BCUT2D eigenvalue weighted by atomic mass is 9.86. The second-order valence-corrected chi connectivity index (χ2v) is 10.1. The minimum absolute atomic E-state index is 0.161. The van der Waals surface area contributed by atoms with Crippen LogP contribution in [0.25, 0.3) is 5.57 Å². The molecule has 192 valence electrons. The first kappa shape index (κ1) is 25.3. The standard InChI is InChI=1S/C31H31F3N2O/c1-21-5-4-6-22(17-21)19-36-16-15-24-18-27(14-11-25(24)20-36)35-30(37)29-8-3-2-7-28(29)23-9-12-26(13-10-23)31(32,33)34/h4-6,9-14,17-18H,2-3,7-8,15-16,19-20H2,1H3,(H,35,37). The summed E-state index contributed by atoms with van der Waals surface area (Å²) in [6.45, 7) is 4.86. The minimum Gasteiger partial charge on any atom is -0.322 e. The van der Waals surface area contributed by atoms with Gasteiger partial charge in [0.2, 0.25) is 0 Å². The highest BCUT2D eigenvalue weighted by Crippen LogP contribution is 2.35. The maximum atomic E-state index is 13.3. The third kappa shape index (κ3) is 5.96. The zero-order chi connectivity index (χ0) is 26.0. The van der Waals surface area contributed by atoms with Crippen LogP contribution in [0.5, 0.6) is 0 Å². The molecule has 1 heterocycles. The Bertz CT molecular complexity index is 1330. The van der Waals surface area contributed by atoms with Gasteiger partial charge in [0.05, 0.1) is 5.56 Å². The summed E-state index contributed by atoms with van der Waals surface area (Å²) in [6.07, 6.45) is -0.316. The second-order valence-electron chi connectivity index (χ2n) is 10.1. The Morgan fingerprint density at radius 2 is 1.70 bits per heavy atom. The van der Waals surface area contributed by atoms with Gasteiger partial charge in [-0.15, -0.1) is 0 Å². The summed E-state index contributed by atoms with van der Waals surface area (Å²) in [5, 5.41) is 3.06. The third-order valence-electron chi connectivity index (χ3n) is 7.35. The van der Waals surface area contributed by atoms with E-state index in [-0.39, 0.29) is 5.91 Å². The van der Waals surface area contributed by atoms with Crippen molar-refractivity contribution in [2.45, 2.75) is 58.3 Å². The van der Waals surface area contributed by atoms with Crippen molar-refractivity contribution in [2.75, 3.05) is 11.9 Å².